The number of nitrogens with two attached hydrogens (primary N) is 1. The number of hydrogen-bond acceptors (Lipinski definition) is 5. The smallest absolute Gasteiger partial charge is 0.560 e. The van der Waals surface area contributed by atoms with Gasteiger partial charge in [0.05, 0.1) is 26.8 Å². The third-order valence-corrected chi connectivity index (χ3v) is 3.07. The summed E-state index contributed by atoms with van der Waals surface area (Å²) in [6, 6.07) is 4.19. The van der Waals surface area contributed by atoms with Crippen LogP contribution in [0, 0.1) is 0 Å². The Kier molecular flexibility index (Phi) is 4.83. The molecule has 3 N–H and O–H groups in total. The number of aromatic nitrogens is 2. The van der Waals surface area contributed by atoms with Crippen molar-refractivity contribution in [3.63, 3.8) is 0 Å². The fourth-order valence-electron chi connectivity index (χ4n) is 1.42. The number of benzene rings is 1. The summed E-state index contributed by atoms with van der Waals surface area (Å²) in [5, 5.41) is 7.12. The van der Waals surface area contributed by atoms with Gasteiger partial charge < -0.3 is 10.9 Å². The largest absolute Gasteiger partial charge is 1.00 e. The molecule has 8 heteroatoms. The van der Waals surface area contributed by atoms with E-state index in [4.69, 9.17) is 10.9 Å². The normalized spacial score (nSPS) is 10.7. The number of hydrogen-bond donors (Lipinski definition) is 1. The molecule has 0 aliphatic carbocycles. The van der Waals surface area contributed by atoms with Crippen LogP contribution in [0.3, 0.4) is 0 Å². The molecule has 6 nitrogen and oxygen atoms in total. The van der Waals surface area contributed by atoms with E-state index in [2.05, 4.69) is 9.97 Å². The predicted molar refractivity (Wildman–Crippen MR) is 63.4 cm³/mol. The van der Waals surface area contributed by atoms with Crippen molar-refractivity contribution in [2.45, 2.75) is 4.90 Å². The average molecular weight is 272 g/mol. The first-order chi connectivity index (χ1) is 7.98. The van der Waals surface area contributed by atoms with Gasteiger partial charge in [0.2, 0.25) is 0 Å². The minimum absolute atomic E-state index is 0. The first kappa shape index (κ1) is 15.1. The molecule has 1 aromatic carbocycles. The van der Waals surface area contributed by atoms with Gasteiger partial charge in [-0.25, -0.2) is 8.42 Å². The van der Waals surface area contributed by atoms with E-state index in [-0.39, 0.29) is 40.0 Å². The van der Waals surface area contributed by atoms with Crippen LogP contribution in [-0.2, 0) is 10.0 Å². The topological polar surface area (TPSA) is 110 Å². The molecule has 0 atom stereocenters. The van der Waals surface area contributed by atoms with Gasteiger partial charge >= 0.3 is 29.6 Å². The third-order valence-electron chi connectivity index (χ3n) is 2.13. The molecule has 0 aliphatic rings. The molecule has 2 aromatic rings. The van der Waals surface area contributed by atoms with Crippen molar-refractivity contribution in [2.75, 3.05) is 5.73 Å². The van der Waals surface area contributed by atoms with Crippen molar-refractivity contribution < 1.29 is 38.0 Å². The maximum atomic E-state index is 11.3. The second kappa shape index (κ2) is 5.77. The first-order valence-corrected chi connectivity index (χ1v) is 6.12. The van der Waals surface area contributed by atoms with Crippen molar-refractivity contribution >= 4 is 15.7 Å². The molecular formula is C10H9N4NaO2S. The minimum Gasteiger partial charge on any atom is -0.560 e. The molecule has 0 radical (unpaired) electrons. The average Bonchev–Trinajstić information content (AvgIpc) is 2.28. The third kappa shape index (κ3) is 3.27. The molecule has 1 aromatic heterocycles. The van der Waals surface area contributed by atoms with Crippen LogP contribution in [0.15, 0.2) is 41.7 Å². The molecule has 18 heavy (non-hydrogen) atoms. The van der Waals surface area contributed by atoms with Gasteiger partial charge in [0.15, 0.2) is 0 Å². The molecule has 0 fully saturated rings. The molecule has 1 heterocycles. The summed E-state index contributed by atoms with van der Waals surface area (Å²) in [6.07, 6.45) is 4.34. The molecule has 0 amide bonds. The molecule has 0 unspecified atom stereocenters. The van der Waals surface area contributed by atoms with Gasteiger partial charge in [0.25, 0.3) is 0 Å². The summed E-state index contributed by atoms with van der Waals surface area (Å²) in [4.78, 5) is 7.72. The molecule has 0 aliphatic heterocycles. The second-order valence-corrected chi connectivity index (χ2v) is 4.80. The molecular weight excluding hydrogens is 263 g/mol. The van der Waals surface area contributed by atoms with Crippen LogP contribution in [0.5, 0.6) is 0 Å². The maximum absolute atomic E-state index is 11.3. The summed E-state index contributed by atoms with van der Waals surface area (Å²) in [6.45, 7) is 0. The Morgan fingerprint density at radius 2 is 1.94 bits per heavy atom. The number of nitrogens with one attached hydrogen (secondary N) is 1. The van der Waals surface area contributed by atoms with Crippen molar-refractivity contribution in [2.24, 2.45) is 0 Å². The van der Waals surface area contributed by atoms with Gasteiger partial charge in [-0.2, -0.15) is 0 Å². The number of anilines is 1. The Balaban J connectivity index is 0.00000162. The van der Waals surface area contributed by atoms with Crippen molar-refractivity contribution in [3.8, 4) is 11.3 Å². The second-order valence-electron chi connectivity index (χ2n) is 3.35. The molecule has 0 bridgehead atoms. The summed E-state index contributed by atoms with van der Waals surface area (Å²) < 4.78 is 22.6. The van der Waals surface area contributed by atoms with E-state index < -0.39 is 10.0 Å². The predicted octanol–water partition coefficient (Wildman–Crippen LogP) is -1.53. The van der Waals surface area contributed by atoms with E-state index in [0.29, 0.717) is 11.4 Å². The van der Waals surface area contributed by atoms with E-state index in [1.54, 1.807) is 0 Å². The molecule has 0 saturated carbocycles. The Morgan fingerprint density at radius 3 is 2.50 bits per heavy atom. The minimum atomic E-state index is -4.07. The standard InChI is InChI=1S/C10H9N4O2S.Na/c11-7-1-2-10(17(12,15)16)8(5-7)9-6-13-3-4-14-9;/h1-6H,11H2,(H-,12,15,16);/q-1;+1. The van der Waals surface area contributed by atoms with Crippen LogP contribution in [0.4, 0.5) is 5.69 Å². The summed E-state index contributed by atoms with van der Waals surface area (Å²) in [7, 11) is -4.07. The zero-order valence-corrected chi connectivity index (χ0v) is 12.5. The Hall–Kier alpha value is -0.990. The van der Waals surface area contributed by atoms with Crippen LogP contribution in [0.2, 0.25) is 0 Å². The van der Waals surface area contributed by atoms with E-state index in [1.165, 1.54) is 36.8 Å². The van der Waals surface area contributed by atoms with Crippen molar-refractivity contribution in [1.29, 1.82) is 0 Å². The van der Waals surface area contributed by atoms with Gasteiger partial charge in [-0.3, -0.25) is 9.97 Å². The SMILES string of the molecule is [NH-]S(=O)(=O)c1ccc(N)cc1-c1cnccn1.[Na+]. The van der Waals surface area contributed by atoms with Gasteiger partial charge in [-0.1, -0.05) is 0 Å². The number of rotatable bonds is 2. The monoisotopic (exact) mass is 272 g/mol. The summed E-state index contributed by atoms with van der Waals surface area (Å²) >= 11 is 0. The number of nitrogens with zero attached hydrogens (tertiary/aromatic N) is 2. The quantitative estimate of drug-likeness (QED) is 0.527. The van der Waals surface area contributed by atoms with Gasteiger partial charge in [0, 0.05) is 23.6 Å². The molecule has 0 spiro atoms. The van der Waals surface area contributed by atoms with Crippen LogP contribution >= 0.6 is 0 Å². The first-order valence-electron chi connectivity index (χ1n) is 4.64. The van der Waals surface area contributed by atoms with Gasteiger partial charge in [-0.05, 0) is 18.2 Å². The summed E-state index contributed by atoms with van der Waals surface area (Å²) in [5.41, 5.74) is 6.66. The van der Waals surface area contributed by atoms with Crippen molar-refractivity contribution in [1.82, 2.24) is 9.97 Å². The number of nitrogen functional groups attached to an aromatic ring is 1. The van der Waals surface area contributed by atoms with Crippen molar-refractivity contribution in [3.05, 3.63) is 41.9 Å². The van der Waals surface area contributed by atoms with Gasteiger partial charge in [0.1, 0.15) is 0 Å². The van der Waals surface area contributed by atoms with Gasteiger partial charge in [-0.15, -0.1) is 0 Å². The van der Waals surface area contributed by atoms with E-state index in [9.17, 15) is 8.42 Å². The maximum Gasteiger partial charge on any atom is 1.00 e. The Labute approximate surface area is 127 Å². The zero-order chi connectivity index (χ0) is 12.5. The van der Waals surface area contributed by atoms with Crippen LogP contribution < -0.4 is 35.3 Å². The zero-order valence-electron chi connectivity index (χ0n) is 9.66. The van der Waals surface area contributed by atoms with E-state index in [0.717, 1.165) is 0 Å². The van der Waals surface area contributed by atoms with E-state index >= 15 is 0 Å². The number of sulfonamides is 1. The van der Waals surface area contributed by atoms with Crippen LogP contribution in [-0.4, -0.2) is 18.4 Å². The van der Waals surface area contributed by atoms with E-state index in [1.807, 2.05) is 0 Å². The fraction of sp³-hybridized carbons (Fsp3) is 0. The van der Waals surface area contributed by atoms with Crippen LogP contribution in [0.25, 0.3) is 16.4 Å². The summed E-state index contributed by atoms with van der Waals surface area (Å²) in [5.74, 6) is 0. The fourth-order valence-corrected chi connectivity index (χ4v) is 2.12. The molecule has 2 rings (SSSR count). The Bertz CT molecular complexity index is 646. The van der Waals surface area contributed by atoms with Crippen LogP contribution in [0.1, 0.15) is 0 Å². The molecule has 88 valence electrons. The molecule has 0 saturated heterocycles. The Morgan fingerprint density at radius 1 is 1.22 bits per heavy atom.